The number of alkyl halides is 1. The highest BCUT2D eigenvalue weighted by Gasteiger charge is 2.22. The van der Waals surface area contributed by atoms with Gasteiger partial charge >= 0.3 is 5.97 Å². The van der Waals surface area contributed by atoms with Crippen molar-refractivity contribution < 1.29 is 14.3 Å². The maximum atomic E-state index is 11.7. The maximum Gasteiger partial charge on any atom is 0.338 e. The van der Waals surface area contributed by atoms with Crippen molar-refractivity contribution >= 4 is 28.2 Å². The summed E-state index contributed by atoms with van der Waals surface area (Å²) >= 11 is 3.37. The molecule has 0 radical (unpaired) electrons. The SMILES string of the molecule is CCOC(=O)c1ccc2c(c1)CCC(CC(Br)C=O)C2. The molecule has 0 fully saturated rings. The molecule has 0 N–H and O–H groups in total. The number of fused-ring (bicyclic) bond motifs is 1. The highest BCUT2D eigenvalue weighted by Crippen LogP contribution is 2.30. The number of benzene rings is 1. The molecule has 2 atom stereocenters. The first-order valence-electron chi connectivity index (χ1n) is 7.02. The molecule has 0 aromatic heterocycles. The molecule has 0 spiro atoms. The minimum Gasteiger partial charge on any atom is -0.462 e. The molecule has 1 aliphatic carbocycles. The quantitative estimate of drug-likeness (QED) is 0.470. The van der Waals surface area contributed by atoms with Crippen LogP contribution in [0.1, 0.15) is 41.3 Å². The van der Waals surface area contributed by atoms with Gasteiger partial charge < -0.3 is 9.53 Å². The Morgan fingerprint density at radius 1 is 1.50 bits per heavy atom. The molecular formula is C16H19BrO3. The van der Waals surface area contributed by atoms with E-state index in [4.69, 9.17) is 4.74 Å². The summed E-state index contributed by atoms with van der Waals surface area (Å²) in [6.07, 6.45) is 4.84. The molecule has 108 valence electrons. The van der Waals surface area contributed by atoms with E-state index in [1.54, 1.807) is 0 Å². The van der Waals surface area contributed by atoms with Crippen LogP contribution in [-0.4, -0.2) is 23.7 Å². The number of carbonyl (C=O) groups is 2. The maximum absolute atomic E-state index is 11.7. The van der Waals surface area contributed by atoms with Crippen LogP contribution in [0.4, 0.5) is 0 Å². The fraction of sp³-hybridized carbons (Fsp3) is 0.500. The lowest BCUT2D eigenvalue weighted by atomic mass is 9.81. The Bertz CT molecular complexity index is 498. The zero-order valence-corrected chi connectivity index (χ0v) is 13.2. The normalized spacial score (nSPS) is 19.0. The molecule has 2 unspecified atom stereocenters. The van der Waals surface area contributed by atoms with Gasteiger partial charge in [-0.1, -0.05) is 22.0 Å². The van der Waals surface area contributed by atoms with Crippen LogP contribution in [0.25, 0.3) is 0 Å². The smallest absolute Gasteiger partial charge is 0.338 e. The standard InChI is InChI=1S/C16H19BrO3/c1-2-20-16(19)14-6-5-12-7-11(8-15(17)10-18)3-4-13(12)9-14/h5-6,9-11,15H,2-4,7-8H2,1H3. The van der Waals surface area contributed by atoms with Gasteiger partial charge in [-0.2, -0.15) is 0 Å². The fourth-order valence-electron chi connectivity index (χ4n) is 2.75. The number of esters is 1. The van der Waals surface area contributed by atoms with Crippen molar-refractivity contribution in [2.45, 2.75) is 37.4 Å². The third-order valence-electron chi connectivity index (χ3n) is 3.75. The highest BCUT2D eigenvalue weighted by molar-refractivity contribution is 9.09. The van der Waals surface area contributed by atoms with Gasteiger partial charge in [-0.3, -0.25) is 0 Å². The summed E-state index contributed by atoms with van der Waals surface area (Å²) in [5.74, 6) is 0.282. The van der Waals surface area contributed by atoms with E-state index in [2.05, 4.69) is 15.9 Å². The average molecular weight is 339 g/mol. The Balaban J connectivity index is 2.07. The zero-order valence-electron chi connectivity index (χ0n) is 11.6. The summed E-state index contributed by atoms with van der Waals surface area (Å²) in [5.41, 5.74) is 3.17. The minimum absolute atomic E-state index is 0.0483. The lowest BCUT2D eigenvalue weighted by molar-refractivity contribution is -0.107. The zero-order chi connectivity index (χ0) is 14.5. The summed E-state index contributed by atoms with van der Waals surface area (Å²) in [5, 5.41) is 0. The number of ether oxygens (including phenoxy) is 1. The molecule has 3 nitrogen and oxygen atoms in total. The van der Waals surface area contributed by atoms with E-state index in [1.165, 1.54) is 11.1 Å². The van der Waals surface area contributed by atoms with Crippen molar-refractivity contribution in [2.24, 2.45) is 5.92 Å². The van der Waals surface area contributed by atoms with Gasteiger partial charge in [0.25, 0.3) is 0 Å². The second-order valence-electron chi connectivity index (χ2n) is 5.20. The van der Waals surface area contributed by atoms with Crippen molar-refractivity contribution in [1.29, 1.82) is 0 Å². The largest absolute Gasteiger partial charge is 0.462 e. The van der Waals surface area contributed by atoms with Gasteiger partial charge in [0.1, 0.15) is 6.29 Å². The van der Waals surface area contributed by atoms with Gasteiger partial charge in [0.05, 0.1) is 17.0 Å². The first kappa shape index (κ1) is 15.2. The van der Waals surface area contributed by atoms with E-state index in [9.17, 15) is 9.59 Å². The Morgan fingerprint density at radius 3 is 3.00 bits per heavy atom. The first-order valence-corrected chi connectivity index (χ1v) is 7.94. The lowest BCUT2D eigenvalue weighted by Crippen LogP contribution is -2.19. The van der Waals surface area contributed by atoms with Crippen LogP contribution >= 0.6 is 15.9 Å². The molecule has 4 heteroatoms. The molecule has 0 aliphatic heterocycles. The second-order valence-corrected chi connectivity index (χ2v) is 6.38. The lowest BCUT2D eigenvalue weighted by Gasteiger charge is -2.25. The van der Waals surface area contributed by atoms with Crippen LogP contribution in [-0.2, 0) is 22.4 Å². The number of hydrogen-bond acceptors (Lipinski definition) is 3. The summed E-state index contributed by atoms with van der Waals surface area (Å²) < 4.78 is 5.02. The second kappa shape index (κ2) is 7.02. The van der Waals surface area contributed by atoms with Gasteiger partial charge in [-0.25, -0.2) is 4.79 Å². The van der Waals surface area contributed by atoms with Gasteiger partial charge in [-0.15, -0.1) is 0 Å². The molecule has 0 saturated heterocycles. The Hall–Kier alpha value is -1.16. The first-order chi connectivity index (χ1) is 9.63. The number of rotatable bonds is 5. The van der Waals surface area contributed by atoms with Crippen molar-refractivity contribution in [3.63, 3.8) is 0 Å². The third-order valence-corrected chi connectivity index (χ3v) is 4.34. The average Bonchev–Trinajstić information content (AvgIpc) is 2.46. The van der Waals surface area contributed by atoms with Crippen molar-refractivity contribution in [1.82, 2.24) is 0 Å². The minimum atomic E-state index is -0.251. The molecule has 0 saturated carbocycles. The van der Waals surface area contributed by atoms with Crippen molar-refractivity contribution in [3.8, 4) is 0 Å². The van der Waals surface area contributed by atoms with Crippen molar-refractivity contribution in [2.75, 3.05) is 6.61 Å². The molecule has 1 aromatic carbocycles. The third kappa shape index (κ3) is 3.69. The van der Waals surface area contributed by atoms with E-state index in [-0.39, 0.29) is 10.8 Å². The van der Waals surface area contributed by atoms with E-state index in [0.29, 0.717) is 18.1 Å². The van der Waals surface area contributed by atoms with Crippen molar-refractivity contribution in [3.05, 3.63) is 34.9 Å². The van der Waals surface area contributed by atoms with Crippen LogP contribution in [0, 0.1) is 5.92 Å². The highest BCUT2D eigenvalue weighted by atomic mass is 79.9. The summed E-state index contributed by atoms with van der Waals surface area (Å²) in [6.45, 7) is 2.21. The predicted molar refractivity (Wildman–Crippen MR) is 81.3 cm³/mol. The molecule has 1 aromatic rings. The van der Waals surface area contributed by atoms with E-state index in [1.807, 2.05) is 25.1 Å². The monoisotopic (exact) mass is 338 g/mol. The van der Waals surface area contributed by atoms with E-state index < -0.39 is 0 Å². The number of carbonyl (C=O) groups excluding carboxylic acids is 2. The molecule has 1 aliphatic rings. The Labute approximate surface area is 127 Å². The topological polar surface area (TPSA) is 43.4 Å². The summed E-state index contributed by atoms with van der Waals surface area (Å²) in [6, 6.07) is 5.82. The van der Waals surface area contributed by atoms with E-state index >= 15 is 0 Å². The van der Waals surface area contributed by atoms with Crippen LogP contribution in [0.2, 0.25) is 0 Å². The van der Waals surface area contributed by atoms with Crippen LogP contribution in [0.3, 0.4) is 0 Å². The van der Waals surface area contributed by atoms with Gasteiger partial charge in [0, 0.05) is 0 Å². The number of hydrogen-bond donors (Lipinski definition) is 0. The molecule has 0 bridgehead atoms. The number of aryl methyl sites for hydroxylation is 1. The van der Waals surface area contributed by atoms with Crippen LogP contribution in [0.15, 0.2) is 18.2 Å². The number of aldehydes is 1. The summed E-state index contributed by atoms with van der Waals surface area (Å²) in [4.78, 5) is 22.4. The Morgan fingerprint density at radius 2 is 2.30 bits per heavy atom. The molecule has 20 heavy (non-hydrogen) atoms. The van der Waals surface area contributed by atoms with Crippen LogP contribution < -0.4 is 0 Å². The molecular weight excluding hydrogens is 320 g/mol. The summed E-state index contributed by atoms with van der Waals surface area (Å²) in [7, 11) is 0. The molecule has 0 amide bonds. The van der Waals surface area contributed by atoms with Gasteiger partial charge in [0.15, 0.2) is 0 Å². The van der Waals surface area contributed by atoms with Gasteiger partial charge in [-0.05, 0) is 61.8 Å². The van der Waals surface area contributed by atoms with Gasteiger partial charge in [0.2, 0.25) is 0 Å². The number of halogens is 1. The fourth-order valence-corrected chi connectivity index (χ4v) is 3.28. The van der Waals surface area contributed by atoms with E-state index in [0.717, 1.165) is 32.0 Å². The molecule has 0 heterocycles. The Kier molecular flexibility index (Phi) is 5.35. The van der Waals surface area contributed by atoms with Crippen LogP contribution in [0.5, 0.6) is 0 Å². The predicted octanol–water partition coefficient (Wildman–Crippen LogP) is 3.32. The molecule has 2 rings (SSSR count).